The van der Waals surface area contributed by atoms with Gasteiger partial charge < -0.3 is 58.4 Å². The topological polar surface area (TPSA) is 225 Å². The van der Waals surface area contributed by atoms with Crippen LogP contribution in [-0.2, 0) is 15.9 Å². The van der Waals surface area contributed by atoms with Crippen LogP contribution in [0.4, 0.5) is 0 Å². The van der Waals surface area contributed by atoms with Gasteiger partial charge in [-0.2, -0.15) is 0 Å². The molecule has 474 valence electrons. The maximum absolute atomic E-state index is 11.3. The molecule has 0 fully saturated rings. The first-order chi connectivity index (χ1) is 42.3. The van der Waals surface area contributed by atoms with Crippen LogP contribution in [0.15, 0.2) is 200 Å². The molecule has 0 heterocycles. The number of hydrogen-bond donors (Lipinski definition) is 5. The smallest absolute Gasteiger partial charge is 1.00 e. The number of nitrogens with zero attached hydrogens (tertiary/aromatic N) is 1. The van der Waals surface area contributed by atoms with E-state index >= 15 is 0 Å². The number of aldehydes is 1. The van der Waals surface area contributed by atoms with Gasteiger partial charge in [0, 0.05) is 12.7 Å². The second-order valence-corrected chi connectivity index (χ2v) is 23.2. The number of carbonyl (C=O) groups is 5. The van der Waals surface area contributed by atoms with E-state index in [2.05, 4.69) is 146 Å². The van der Waals surface area contributed by atoms with Crippen molar-refractivity contribution in [3.05, 3.63) is 250 Å². The van der Waals surface area contributed by atoms with E-state index in [1.807, 2.05) is 54.1 Å². The Balaban J connectivity index is 0. The summed E-state index contributed by atoms with van der Waals surface area (Å²) >= 11 is 0. The molecule has 89 heavy (non-hydrogen) atoms. The fourth-order valence-electron chi connectivity index (χ4n) is 8.70. The molecule has 16 heteroatoms. The third-order valence-corrected chi connectivity index (χ3v) is 17.7. The number of aliphatic hydroxyl groups excluding tert-OH is 1. The largest absolute Gasteiger partial charge is 1.00 e. The number of halogens is 1. The molecule has 0 radical (unpaired) electrons. The molecule has 7 rings (SSSR count). The normalized spacial score (nSPS) is 10.0. The molecule has 0 bridgehead atoms. The van der Waals surface area contributed by atoms with Crippen LogP contribution in [0.2, 0.25) is 0 Å². The molecule has 7 aromatic rings. The van der Waals surface area contributed by atoms with Crippen LogP contribution < -0.4 is 68.3 Å². The van der Waals surface area contributed by atoms with E-state index in [1.54, 1.807) is 54.6 Å². The number of hydrogen-bond acceptors (Lipinski definition) is 10. The molecule has 6 N–H and O–H groups in total. The van der Waals surface area contributed by atoms with Crippen LogP contribution in [0, 0.1) is 0 Å². The van der Waals surface area contributed by atoms with Crippen LogP contribution in [0.3, 0.4) is 0 Å². The zero-order valence-electron chi connectivity index (χ0n) is 53.4. The number of rotatable bonds is 25. The number of ether oxygens (including phenoxy) is 2. The second kappa shape index (κ2) is 54.3. The number of aliphatic hydroxyl groups is 1. The fraction of sp³-hybridized carbons (Fsp3) is 0.301. The van der Waals surface area contributed by atoms with Crippen LogP contribution >= 0.6 is 7.26 Å². The van der Waals surface area contributed by atoms with E-state index in [-0.39, 0.29) is 52.5 Å². The van der Waals surface area contributed by atoms with Crippen molar-refractivity contribution in [3.8, 4) is 0 Å². The van der Waals surface area contributed by atoms with Crippen molar-refractivity contribution in [2.45, 2.75) is 118 Å². The van der Waals surface area contributed by atoms with Gasteiger partial charge in [0.15, 0.2) is 0 Å². The summed E-state index contributed by atoms with van der Waals surface area (Å²) in [6, 6.07) is 61.5. The number of carboxylic acid groups (broad SMARTS) is 2. The first-order valence-corrected chi connectivity index (χ1v) is 31.6. The molecular formula is C73H93BrN2NaO11P. The number of esters is 2. The number of unbranched alkanes of at least 4 members (excludes halogenated alkanes) is 9. The predicted molar refractivity (Wildman–Crippen MR) is 360 cm³/mol. The van der Waals surface area contributed by atoms with Gasteiger partial charge in [0.2, 0.25) is 0 Å². The summed E-state index contributed by atoms with van der Waals surface area (Å²) in [4.78, 5) is 54.0. The minimum absolute atomic E-state index is 0. The Labute approximate surface area is 563 Å². The summed E-state index contributed by atoms with van der Waals surface area (Å²) in [7, 11) is 2.11. The van der Waals surface area contributed by atoms with Crippen molar-refractivity contribution < 1.29 is 101 Å². The molecular weight excluding hydrogens is 1210 g/mol. The molecule has 0 amide bonds. The van der Waals surface area contributed by atoms with Crippen LogP contribution in [-0.4, -0.2) is 78.2 Å². The molecule has 0 atom stereocenters. The minimum atomic E-state index is -1.58. The Bertz CT molecular complexity index is 2940. The summed E-state index contributed by atoms with van der Waals surface area (Å²) in [6.07, 6.45) is 26.8. The zero-order chi connectivity index (χ0) is 64.3. The van der Waals surface area contributed by atoms with Gasteiger partial charge in [-0.15, -0.1) is 0 Å². The maximum Gasteiger partial charge on any atom is 1.00 e. The molecule has 13 nitrogen and oxygen atoms in total. The SMILES string of the molecule is CCCCC=Cc1cccc(C(=O)O)c1.CCCCC=Cc1cccc(C(=O)OC)c1.CCCCCCc1cccc(C(=O)O)c1.CCCCC[P+](c1ccccc1)(c1ccccc1)c1ccccc1.CO.COC(=O)c1cccc(C=O)c1.N[N-]O.[Br-].[Na+]. The number of carbonyl (C=O) groups excluding carboxylic acids is 3. The van der Waals surface area contributed by atoms with Gasteiger partial charge in [-0.3, -0.25) is 4.79 Å². The van der Waals surface area contributed by atoms with E-state index in [9.17, 15) is 24.0 Å². The Kier molecular flexibility index (Phi) is 51.5. The second-order valence-electron chi connectivity index (χ2n) is 19.6. The molecule has 0 aromatic heterocycles. The average Bonchev–Trinajstić information content (AvgIpc) is 2.54. The van der Waals surface area contributed by atoms with E-state index in [0.717, 1.165) is 49.5 Å². The van der Waals surface area contributed by atoms with Crippen molar-refractivity contribution in [3.63, 3.8) is 0 Å². The minimum Gasteiger partial charge on any atom is -1.00 e. The Morgan fingerprint density at radius 2 is 0.820 bits per heavy atom. The van der Waals surface area contributed by atoms with Crippen LogP contribution in [0.5, 0.6) is 0 Å². The summed E-state index contributed by atoms with van der Waals surface area (Å²) in [5.41, 5.74) is 7.31. The van der Waals surface area contributed by atoms with E-state index in [0.29, 0.717) is 34.1 Å². The number of allylic oxidation sites excluding steroid dienone is 2. The van der Waals surface area contributed by atoms with Gasteiger partial charge >= 0.3 is 53.4 Å². The van der Waals surface area contributed by atoms with Gasteiger partial charge in [-0.05, 0) is 134 Å². The van der Waals surface area contributed by atoms with Crippen molar-refractivity contribution in [1.82, 2.24) is 0 Å². The Hall–Kier alpha value is -6.68. The van der Waals surface area contributed by atoms with E-state index in [4.69, 9.17) is 20.5 Å². The first kappa shape index (κ1) is 84.4. The monoisotopic (exact) mass is 1310 g/mol. The van der Waals surface area contributed by atoms with Crippen molar-refractivity contribution in [2.24, 2.45) is 5.84 Å². The average molecular weight is 1310 g/mol. The molecule has 0 unspecified atom stereocenters. The van der Waals surface area contributed by atoms with Gasteiger partial charge in [-0.25, -0.2) is 19.2 Å². The Morgan fingerprint density at radius 3 is 1.20 bits per heavy atom. The summed E-state index contributed by atoms with van der Waals surface area (Å²) in [5.74, 6) is 1.59. The molecule has 0 saturated heterocycles. The third kappa shape index (κ3) is 34.8. The van der Waals surface area contributed by atoms with Crippen LogP contribution in [0.25, 0.3) is 17.7 Å². The number of aromatic carboxylic acids is 2. The van der Waals surface area contributed by atoms with E-state index < -0.39 is 25.2 Å². The number of aryl methyl sites for hydroxylation is 1. The molecule has 0 aliphatic carbocycles. The standard InChI is InChI=1S/C23H26P.C14H18O2.C13H18O2.C13H16O2.C9H8O3.CH4O.BrH.H3N2O.Na/c1-2-3-13-20-24(21-14-7-4-8-15-21,22-16-9-5-10-17-22)23-18-11-6-12-19-23;1-3-4-5-6-8-12-9-7-10-13(11-12)14(15)16-2;2*1-2-3-4-5-7-11-8-6-9-12(10-11)13(14)15;1-12-9(11)8-4-2-3-7(5-8)6-10;1-2;;1-2-3;/h4-12,14-19H,2-3,13,20H2,1H3;6-11H,3-5H2,1-2H3;6,8-10H,2-5,7H2,1H3,(H,14,15);5-10H,2-4H2,1H3,(H,14,15);2-6H,1H3;2H,1H3;1H;3H,1H2;/q+1;;;;;;;-1;+1/p-1. The predicted octanol–water partition coefficient (Wildman–Crippen LogP) is 10.5. The van der Waals surface area contributed by atoms with Crippen LogP contribution in [0.1, 0.15) is 180 Å². The fourth-order valence-corrected chi connectivity index (χ4v) is 13.1. The molecule has 0 saturated carbocycles. The number of benzene rings is 7. The van der Waals surface area contributed by atoms with Gasteiger partial charge in [0.1, 0.15) is 29.5 Å². The number of carboxylic acids is 2. The molecule has 0 aliphatic heterocycles. The molecule has 0 aliphatic rings. The van der Waals surface area contributed by atoms with Gasteiger partial charge in [0.05, 0.1) is 42.6 Å². The van der Waals surface area contributed by atoms with E-state index in [1.165, 1.54) is 107 Å². The molecule has 7 aromatic carbocycles. The van der Waals surface area contributed by atoms with Gasteiger partial charge in [0.25, 0.3) is 0 Å². The van der Waals surface area contributed by atoms with Gasteiger partial charge in [-0.1, -0.05) is 213 Å². The quantitative estimate of drug-likeness (QED) is 0.00686. The summed E-state index contributed by atoms with van der Waals surface area (Å²) in [5, 5.41) is 36.1. The Morgan fingerprint density at radius 1 is 0.472 bits per heavy atom. The summed E-state index contributed by atoms with van der Waals surface area (Å²) < 4.78 is 9.15. The van der Waals surface area contributed by atoms with Crippen molar-refractivity contribution in [2.75, 3.05) is 27.5 Å². The summed E-state index contributed by atoms with van der Waals surface area (Å²) in [6.45, 7) is 8.79. The third-order valence-electron chi connectivity index (χ3n) is 13.1. The number of methoxy groups -OCH3 is 2. The van der Waals surface area contributed by atoms with Crippen molar-refractivity contribution in [1.29, 1.82) is 0 Å². The maximum atomic E-state index is 11.3. The molecule has 0 spiro atoms. The number of nitrogens with two attached hydrogens (primary N) is 1. The first-order valence-electron chi connectivity index (χ1n) is 29.7. The van der Waals surface area contributed by atoms with Crippen molar-refractivity contribution >= 4 is 65.5 Å². The zero-order valence-corrected chi connectivity index (χ0v) is 57.9.